The first-order valence-corrected chi connectivity index (χ1v) is 7.90. The molecular formula is C16H18Cl2F3N3. The molecule has 0 amide bonds. The minimum Gasteiger partial charge on any atom is -0.382 e. The van der Waals surface area contributed by atoms with E-state index in [2.05, 4.69) is 10.3 Å². The summed E-state index contributed by atoms with van der Waals surface area (Å²) in [6.45, 7) is 0. The Labute approximate surface area is 149 Å². The fourth-order valence-corrected chi connectivity index (χ4v) is 3.21. The van der Waals surface area contributed by atoms with Gasteiger partial charge in [-0.1, -0.05) is 11.6 Å². The number of anilines is 1. The molecule has 1 fully saturated rings. The van der Waals surface area contributed by atoms with E-state index in [9.17, 15) is 13.2 Å². The van der Waals surface area contributed by atoms with E-state index in [1.54, 1.807) is 6.07 Å². The van der Waals surface area contributed by atoms with Gasteiger partial charge in [-0.15, -0.1) is 12.4 Å². The lowest BCUT2D eigenvalue weighted by Crippen LogP contribution is -2.35. The Bertz CT molecular complexity index is 722. The third-order valence-corrected chi connectivity index (χ3v) is 4.37. The number of hydrogen-bond donors (Lipinski definition) is 2. The molecule has 3 N–H and O–H groups in total. The number of hydrogen-bond acceptors (Lipinski definition) is 3. The van der Waals surface area contributed by atoms with Gasteiger partial charge in [0.25, 0.3) is 0 Å². The van der Waals surface area contributed by atoms with E-state index < -0.39 is 11.9 Å². The summed E-state index contributed by atoms with van der Waals surface area (Å²) in [6.07, 6.45) is -0.942. The SMILES string of the molecule is Cl.NC1CCCC(Nc2cc(C(F)(F)F)nc3ccc(Cl)cc23)C1. The predicted octanol–water partition coefficient (Wildman–Crippen LogP) is 5.01. The summed E-state index contributed by atoms with van der Waals surface area (Å²) in [5, 5.41) is 4.26. The summed E-state index contributed by atoms with van der Waals surface area (Å²) >= 11 is 5.99. The van der Waals surface area contributed by atoms with Crippen molar-refractivity contribution in [1.29, 1.82) is 0 Å². The van der Waals surface area contributed by atoms with Crippen molar-refractivity contribution in [1.82, 2.24) is 4.98 Å². The number of rotatable bonds is 2. The Morgan fingerprint density at radius 2 is 1.96 bits per heavy atom. The zero-order valence-corrected chi connectivity index (χ0v) is 14.3. The number of alkyl halides is 3. The molecule has 2 atom stereocenters. The summed E-state index contributed by atoms with van der Waals surface area (Å²) in [5.41, 5.74) is 5.73. The van der Waals surface area contributed by atoms with Crippen molar-refractivity contribution < 1.29 is 13.2 Å². The Balaban J connectivity index is 0.00000208. The van der Waals surface area contributed by atoms with Gasteiger partial charge in [0.15, 0.2) is 0 Å². The van der Waals surface area contributed by atoms with Crippen LogP contribution in [0.1, 0.15) is 31.4 Å². The van der Waals surface area contributed by atoms with Gasteiger partial charge >= 0.3 is 6.18 Å². The zero-order chi connectivity index (χ0) is 16.6. The topological polar surface area (TPSA) is 50.9 Å². The lowest BCUT2D eigenvalue weighted by molar-refractivity contribution is -0.140. The lowest BCUT2D eigenvalue weighted by Gasteiger charge is -2.28. The van der Waals surface area contributed by atoms with E-state index in [1.807, 2.05) is 0 Å². The molecule has 1 heterocycles. The van der Waals surface area contributed by atoms with Crippen LogP contribution >= 0.6 is 24.0 Å². The van der Waals surface area contributed by atoms with Gasteiger partial charge in [-0.2, -0.15) is 13.2 Å². The number of aromatic nitrogens is 1. The number of nitrogens with one attached hydrogen (secondary N) is 1. The first-order valence-electron chi connectivity index (χ1n) is 7.52. The Hall–Kier alpha value is -1.24. The molecule has 132 valence electrons. The second kappa shape index (κ2) is 7.33. The van der Waals surface area contributed by atoms with Crippen molar-refractivity contribution in [3.63, 3.8) is 0 Å². The first kappa shape index (κ1) is 19.1. The molecule has 1 saturated carbocycles. The maximum absolute atomic E-state index is 13.1. The van der Waals surface area contributed by atoms with Gasteiger partial charge in [-0.25, -0.2) is 4.98 Å². The molecule has 0 saturated heterocycles. The molecule has 0 radical (unpaired) electrons. The molecule has 3 nitrogen and oxygen atoms in total. The molecule has 1 aliphatic rings. The normalized spacial score (nSPS) is 21.4. The minimum atomic E-state index is -4.49. The van der Waals surface area contributed by atoms with Crippen LogP contribution < -0.4 is 11.1 Å². The van der Waals surface area contributed by atoms with Crippen LogP contribution in [0.2, 0.25) is 5.02 Å². The van der Waals surface area contributed by atoms with E-state index in [0.717, 1.165) is 31.7 Å². The highest BCUT2D eigenvalue weighted by Crippen LogP contribution is 2.35. The number of pyridine rings is 1. The molecule has 1 aromatic carbocycles. The molecule has 0 bridgehead atoms. The molecule has 1 aliphatic carbocycles. The fraction of sp³-hybridized carbons (Fsp3) is 0.438. The van der Waals surface area contributed by atoms with Gasteiger partial charge in [0, 0.05) is 28.2 Å². The second-order valence-corrected chi connectivity index (χ2v) is 6.42. The van der Waals surface area contributed by atoms with Crippen molar-refractivity contribution in [2.75, 3.05) is 5.32 Å². The third kappa shape index (κ3) is 4.23. The van der Waals surface area contributed by atoms with Crippen LogP contribution in [-0.2, 0) is 6.18 Å². The number of fused-ring (bicyclic) bond motifs is 1. The Morgan fingerprint density at radius 3 is 2.62 bits per heavy atom. The molecule has 3 rings (SSSR count). The molecule has 2 unspecified atom stereocenters. The highest BCUT2D eigenvalue weighted by atomic mass is 35.5. The van der Waals surface area contributed by atoms with Crippen LogP contribution in [0.4, 0.5) is 18.9 Å². The predicted molar refractivity (Wildman–Crippen MR) is 92.9 cm³/mol. The highest BCUT2D eigenvalue weighted by molar-refractivity contribution is 6.31. The Kier molecular flexibility index (Phi) is 5.83. The number of nitrogens with two attached hydrogens (primary N) is 1. The van der Waals surface area contributed by atoms with Crippen LogP contribution in [0.5, 0.6) is 0 Å². The van der Waals surface area contributed by atoms with Crippen molar-refractivity contribution in [2.24, 2.45) is 5.73 Å². The number of nitrogens with zero attached hydrogens (tertiary/aromatic N) is 1. The highest BCUT2D eigenvalue weighted by Gasteiger charge is 2.33. The van der Waals surface area contributed by atoms with Crippen LogP contribution in [0.3, 0.4) is 0 Å². The van der Waals surface area contributed by atoms with Crippen molar-refractivity contribution in [3.8, 4) is 0 Å². The van der Waals surface area contributed by atoms with Gasteiger partial charge in [0.05, 0.1) is 5.52 Å². The van der Waals surface area contributed by atoms with Crippen LogP contribution in [0.15, 0.2) is 24.3 Å². The van der Waals surface area contributed by atoms with E-state index in [-0.39, 0.29) is 30.0 Å². The average molecular weight is 380 g/mol. The maximum Gasteiger partial charge on any atom is 0.433 e. The molecule has 1 aromatic heterocycles. The molecule has 0 spiro atoms. The van der Waals surface area contributed by atoms with Crippen LogP contribution in [0.25, 0.3) is 10.9 Å². The van der Waals surface area contributed by atoms with Crippen molar-refractivity contribution >= 4 is 40.6 Å². The quantitative estimate of drug-likeness (QED) is 0.770. The molecule has 24 heavy (non-hydrogen) atoms. The largest absolute Gasteiger partial charge is 0.433 e. The van der Waals surface area contributed by atoms with Crippen molar-refractivity contribution in [3.05, 3.63) is 35.0 Å². The zero-order valence-electron chi connectivity index (χ0n) is 12.7. The van der Waals surface area contributed by atoms with E-state index in [4.69, 9.17) is 17.3 Å². The minimum absolute atomic E-state index is 0. The summed E-state index contributed by atoms with van der Waals surface area (Å²) in [7, 11) is 0. The number of benzene rings is 1. The van der Waals surface area contributed by atoms with Gasteiger partial charge in [0.2, 0.25) is 0 Å². The molecule has 8 heteroatoms. The number of halogens is 5. The van der Waals surface area contributed by atoms with Gasteiger partial charge < -0.3 is 11.1 Å². The molecule has 0 aliphatic heterocycles. The van der Waals surface area contributed by atoms with Gasteiger partial charge in [-0.05, 0) is 49.9 Å². The fourth-order valence-electron chi connectivity index (χ4n) is 3.04. The lowest BCUT2D eigenvalue weighted by atomic mass is 9.91. The summed E-state index contributed by atoms with van der Waals surface area (Å²) in [5.74, 6) is 0. The first-order chi connectivity index (χ1) is 10.8. The van der Waals surface area contributed by atoms with Crippen LogP contribution in [-0.4, -0.2) is 17.1 Å². The monoisotopic (exact) mass is 379 g/mol. The Morgan fingerprint density at radius 1 is 1.21 bits per heavy atom. The van der Waals surface area contributed by atoms with Crippen LogP contribution in [0, 0.1) is 0 Å². The van der Waals surface area contributed by atoms with E-state index in [0.29, 0.717) is 16.1 Å². The van der Waals surface area contributed by atoms with E-state index >= 15 is 0 Å². The summed E-state index contributed by atoms with van der Waals surface area (Å²) in [6, 6.07) is 5.88. The molecule has 2 aromatic rings. The second-order valence-electron chi connectivity index (χ2n) is 5.98. The smallest absolute Gasteiger partial charge is 0.382 e. The summed E-state index contributed by atoms with van der Waals surface area (Å²) in [4.78, 5) is 3.71. The molecular weight excluding hydrogens is 362 g/mol. The average Bonchev–Trinajstić information content (AvgIpc) is 2.46. The standard InChI is InChI=1S/C16H17ClF3N3.ClH/c17-9-4-5-13-12(6-9)14(8-15(23-13)16(18,19)20)22-11-3-1-2-10(21)7-11;/h4-6,8,10-11H,1-3,7,21H2,(H,22,23);1H. The van der Waals surface area contributed by atoms with Crippen molar-refractivity contribution in [2.45, 2.75) is 43.9 Å². The third-order valence-electron chi connectivity index (χ3n) is 4.14. The van der Waals surface area contributed by atoms with Gasteiger partial charge in [0.1, 0.15) is 5.69 Å². The summed E-state index contributed by atoms with van der Waals surface area (Å²) < 4.78 is 39.2. The maximum atomic E-state index is 13.1. The van der Waals surface area contributed by atoms with E-state index in [1.165, 1.54) is 12.1 Å². The van der Waals surface area contributed by atoms with Gasteiger partial charge in [-0.3, -0.25) is 0 Å².